The van der Waals surface area contributed by atoms with E-state index in [4.69, 9.17) is 10.8 Å². The summed E-state index contributed by atoms with van der Waals surface area (Å²) in [7, 11) is 0. The van der Waals surface area contributed by atoms with Crippen LogP contribution in [-0.4, -0.2) is 76.9 Å². The van der Waals surface area contributed by atoms with Gasteiger partial charge >= 0.3 is 5.97 Å². The zero-order valence-electron chi connectivity index (χ0n) is 16.1. The van der Waals surface area contributed by atoms with Gasteiger partial charge in [0.15, 0.2) is 0 Å². The van der Waals surface area contributed by atoms with Crippen LogP contribution in [0.2, 0.25) is 0 Å². The van der Waals surface area contributed by atoms with Gasteiger partial charge in [-0.3, -0.25) is 19.2 Å². The summed E-state index contributed by atoms with van der Waals surface area (Å²) >= 11 is 1.55. The van der Waals surface area contributed by atoms with E-state index in [1.807, 2.05) is 20.1 Å². The van der Waals surface area contributed by atoms with Crippen molar-refractivity contribution in [2.45, 2.75) is 51.2 Å². The van der Waals surface area contributed by atoms with Gasteiger partial charge in [-0.25, -0.2) is 0 Å². The minimum atomic E-state index is -1.15. The number of likely N-dealkylation sites (tertiary alicyclic amines) is 1. The van der Waals surface area contributed by atoms with Crippen molar-refractivity contribution in [3.63, 3.8) is 0 Å². The molecule has 1 fully saturated rings. The molecule has 3 atom stereocenters. The zero-order valence-corrected chi connectivity index (χ0v) is 16.9. The van der Waals surface area contributed by atoms with Crippen LogP contribution in [0, 0.1) is 5.92 Å². The first-order valence-electron chi connectivity index (χ1n) is 9.03. The molecule has 1 saturated heterocycles. The summed E-state index contributed by atoms with van der Waals surface area (Å²) in [6.07, 6.45) is 3.44. The maximum atomic E-state index is 13.0. The van der Waals surface area contributed by atoms with E-state index in [1.54, 1.807) is 11.8 Å². The molecule has 0 aromatic carbocycles. The highest BCUT2D eigenvalue weighted by Gasteiger charge is 2.38. The third-order valence-electron chi connectivity index (χ3n) is 4.50. The van der Waals surface area contributed by atoms with Gasteiger partial charge in [0.2, 0.25) is 17.7 Å². The molecular formula is C17H30N4O5S. The number of hydrogen-bond acceptors (Lipinski definition) is 6. The van der Waals surface area contributed by atoms with E-state index in [1.165, 1.54) is 4.90 Å². The second-order valence-electron chi connectivity index (χ2n) is 6.91. The molecule has 0 bridgehead atoms. The summed E-state index contributed by atoms with van der Waals surface area (Å²) in [5.41, 5.74) is 5.87. The number of hydrogen-bond donors (Lipinski definition) is 4. The molecule has 0 aromatic heterocycles. The van der Waals surface area contributed by atoms with Crippen molar-refractivity contribution >= 4 is 35.5 Å². The molecule has 0 aliphatic carbocycles. The van der Waals surface area contributed by atoms with Gasteiger partial charge in [0.05, 0.1) is 6.04 Å². The number of nitrogens with zero attached hydrogens (tertiary/aromatic N) is 1. The van der Waals surface area contributed by atoms with Crippen LogP contribution in [0.25, 0.3) is 0 Å². The molecule has 1 aliphatic rings. The van der Waals surface area contributed by atoms with Crippen molar-refractivity contribution in [2.75, 3.05) is 25.1 Å². The van der Waals surface area contributed by atoms with Crippen molar-refractivity contribution in [3.8, 4) is 0 Å². The Labute approximate surface area is 163 Å². The van der Waals surface area contributed by atoms with Crippen molar-refractivity contribution in [1.82, 2.24) is 15.5 Å². The normalized spacial score (nSPS) is 18.9. The van der Waals surface area contributed by atoms with Crippen LogP contribution < -0.4 is 16.4 Å². The van der Waals surface area contributed by atoms with Crippen LogP contribution in [0.5, 0.6) is 0 Å². The third-order valence-corrected chi connectivity index (χ3v) is 5.14. The average molecular weight is 403 g/mol. The minimum Gasteiger partial charge on any atom is -0.480 e. The van der Waals surface area contributed by atoms with Crippen molar-refractivity contribution in [1.29, 1.82) is 0 Å². The number of amides is 3. The molecule has 0 spiro atoms. The Hall–Kier alpha value is -1.81. The molecule has 1 rings (SSSR count). The molecular weight excluding hydrogens is 372 g/mol. The van der Waals surface area contributed by atoms with Gasteiger partial charge in [-0.15, -0.1) is 0 Å². The van der Waals surface area contributed by atoms with Crippen LogP contribution in [0.3, 0.4) is 0 Å². The highest BCUT2D eigenvalue weighted by molar-refractivity contribution is 7.98. The second kappa shape index (κ2) is 11.1. The lowest BCUT2D eigenvalue weighted by molar-refractivity contribution is -0.143. The maximum Gasteiger partial charge on any atom is 0.322 e. The van der Waals surface area contributed by atoms with Crippen molar-refractivity contribution < 1.29 is 24.3 Å². The topological polar surface area (TPSA) is 142 Å². The first-order valence-corrected chi connectivity index (χ1v) is 10.4. The van der Waals surface area contributed by atoms with Gasteiger partial charge in [0.1, 0.15) is 18.6 Å². The van der Waals surface area contributed by atoms with Crippen LogP contribution >= 0.6 is 11.8 Å². The first-order chi connectivity index (χ1) is 12.7. The Bertz CT molecular complexity index is 557. The second-order valence-corrected chi connectivity index (χ2v) is 7.90. The lowest BCUT2D eigenvalue weighted by Gasteiger charge is -2.29. The predicted octanol–water partition coefficient (Wildman–Crippen LogP) is -0.601. The van der Waals surface area contributed by atoms with E-state index in [0.29, 0.717) is 31.6 Å². The van der Waals surface area contributed by atoms with E-state index in [2.05, 4.69) is 10.6 Å². The number of thioether (sulfide) groups is 1. The number of carboxylic acid groups (broad SMARTS) is 1. The number of nitrogens with one attached hydrogen (secondary N) is 2. The van der Waals surface area contributed by atoms with Crippen LogP contribution in [0.4, 0.5) is 0 Å². The van der Waals surface area contributed by atoms with E-state index in [-0.39, 0.29) is 11.8 Å². The van der Waals surface area contributed by atoms with Crippen LogP contribution in [-0.2, 0) is 19.2 Å². The summed E-state index contributed by atoms with van der Waals surface area (Å²) in [6, 6.07) is -2.20. The highest BCUT2D eigenvalue weighted by atomic mass is 32.2. The van der Waals surface area contributed by atoms with Crippen molar-refractivity contribution in [2.24, 2.45) is 11.7 Å². The highest BCUT2D eigenvalue weighted by Crippen LogP contribution is 2.20. The van der Waals surface area contributed by atoms with E-state index >= 15 is 0 Å². The summed E-state index contributed by atoms with van der Waals surface area (Å²) in [6.45, 7) is 3.55. The number of rotatable bonds is 10. The zero-order chi connectivity index (χ0) is 20.6. The summed E-state index contributed by atoms with van der Waals surface area (Å²) < 4.78 is 0. The summed E-state index contributed by atoms with van der Waals surface area (Å²) in [5, 5.41) is 13.8. The van der Waals surface area contributed by atoms with Crippen LogP contribution in [0.1, 0.15) is 33.1 Å². The molecule has 1 heterocycles. The fraction of sp³-hybridized carbons (Fsp3) is 0.765. The molecule has 10 heteroatoms. The van der Waals surface area contributed by atoms with Gasteiger partial charge in [-0.2, -0.15) is 11.8 Å². The van der Waals surface area contributed by atoms with Gasteiger partial charge in [-0.05, 0) is 37.2 Å². The summed E-state index contributed by atoms with van der Waals surface area (Å²) in [4.78, 5) is 49.6. The van der Waals surface area contributed by atoms with Gasteiger partial charge in [0, 0.05) is 6.54 Å². The third kappa shape index (κ3) is 7.02. The molecule has 154 valence electrons. The monoisotopic (exact) mass is 402 g/mol. The van der Waals surface area contributed by atoms with Gasteiger partial charge < -0.3 is 26.4 Å². The lowest BCUT2D eigenvalue weighted by atomic mass is 10.0. The number of carbonyl (C=O) groups is 4. The Balaban J connectivity index is 2.84. The number of aliphatic carboxylic acids is 1. The van der Waals surface area contributed by atoms with Crippen molar-refractivity contribution in [3.05, 3.63) is 0 Å². The fourth-order valence-corrected chi connectivity index (χ4v) is 3.32. The lowest BCUT2D eigenvalue weighted by Crippen LogP contribution is -2.56. The largest absolute Gasteiger partial charge is 0.480 e. The van der Waals surface area contributed by atoms with E-state index in [9.17, 15) is 19.2 Å². The first kappa shape index (κ1) is 23.2. The van der Waals surface area contributed by atoms with E-state index < -0.39 is 42.5 Å². The average Bonchev–Trinajstić information content (AvgIpc) is 3.11. The number of nitrogens with two attached hydrogens (primary N) is 1. The molecule has 5 N–H and O–H groups in total. The maximum absolute atomic E-state index is 13.0. The Morgan fingerprint density at radius 2 is 1.96 bits per heavy atom. The Morgan fingerprint density at radius 1 is 1.30 bits per heavy atom. The van der Waals surface area contributed by atoms with Gasteiger partial charge in [-0.1, -0.05) is 13.8 Å². The smallest absolute Gasteiger partial charge is 0.322 e. The summed E-state index contributed by atoms with van der Waals surface area (Å²) in [5.74, 6) is -1.76. The fourth-order valence-electron chi connectivity index (χ4n) is 2.85. The molecule has 3 unspecified atom stereocenters. The number of carboxylic acids is 1. The molecule has 27 heavy (non-hydrogen) atoms. The molecule has 1 aliphatic heterocycles. The molecule has 9 nitrogen and oxygen atoms in total. The molecule has 0 aromatic rings. The minimum absolute atomic E-state index is 0.0670. The molecule has 0 radical (unpaired) electrons. The van der Waals surface area contributed by atoms with Crippen LogP contribution in [0.15, 0.2) is 0 Å². The Morgan fingerprint density at radius 3 is 2.52 bits per heavy atom. The Kier molecular flexibility index (Phi) is 9.57. The van der Waals surface area contributed by atoms with Gasteiger partial charge in [0.25, 0.3) is 0 Å². The predicted molar refractivity (Wildman–Crippen MR) is 103 cm³/mol. The quantitative estimate of drug-likeness (QED) is 0.382. The van der Waals surface area contributed by atoms with E-state index in [0.717, 1.165) is 0 Å². The molecule has 3 amide bonds. The standard InChI is InChI=1S/C17H30N4O5S/c1-10(2)14(18)16(25)20-11(6-8-27-3)17(26)21-7-4-5-12(21)15(24)19-9-13(22)23/h10-12,14H,4-9,18H2,1-3H3,(H,19,24)(H,20,25)(H,22,23). The number of carbonyl (C=O) groups excluding carboxylic acids is 3. The molecule has 0 saturated carbocycles. The SMILES string of the molecule is CSCCC(NC(=O)C(N)C(C)C)C(=O)N1CCCC1C(=O)NCC(=O)O.